The Kier molecular flexibility index (Phi) is 8.98. The molecule has 14 heteroatoms. The minimum atomic E-state index is -6.07. The van der Waals surface area contributed by atoms with Crippen molar-refractivity contribution in [2.24, 2.45) is 0 Å². The number of anilines is 1. The molecule has 0 saturated heterocycles. The van der Waals surface area contributed by atoms with E-state index in [1.807, 2.05) is 0 Å². The van der Waals surface area contributed by atoms with Crippen molar-refractivity contribution in [3.63, 3.8) is 0 Å². The molecule has 1 amide bonds. The molecule has 0 bridgehead atoms. The van der Waals surface area contributed by atoms with E-state index in [-0.39, 0.29) is 34.6 Å². The summed E-state index contributed by atoms with van der Waals surface area (Å²) in [4.78, 5) is 30.9. The average molecular weight is 658 g/mol. The molecule has 0 fully saturated rings. The van der Waals surface area contributed by atoms with Crippen LogP contribution >= 0.6 is 0 Å². The summed E-state index contributed by atoms with van der Waals surface area (Å²) < 4.78 is 92.5. The monoisotopic (exact) mass is 657 g/mol. The van der Waals surface area contributed by atoms with Crippen LogP contribution in [0.5, 0.6) is 11.5 Å². The molecule has 0 radical (unpaired) electrons. The number of halogens is 6. The zero-order valence-corrected chi connectivity index (χ0v) is 24.4. The van der Waals surface area contributed by atoms with Crippen molar-refractivity contribution in [1.82, 2.24) is 9.55 Å². The lowest BCUT2D eigenvalue weighted by atomic mass is 9.92. The lowest BCUT2D eigenvalue weighted by Crippen LogP contribution is -2.53. The van der Waals surface area contributed by atoms with Gasteiger partial charge in [0.15, 0.2) is 6.61 Å². The van der Waals surface area contributed by atoms with Gasteiger partial charge in [0.25, 0.3) is 17.1 Å². The summed E-state index contributed by atoms with van der Waals surface area (Å²) >= 11 is 0. The SMILES string of the molecule is COc1ccc(NC(=O)COc2ccc3nc(Cc4ccccc4)n(-c4ccc(C(O)(C(F)(F)F)C(F)(F)F)cc4)c(=O)c3c2)cc1. The second-order valence-electron chi connectivity index (χ2n) is 10.3. The Morgan fingerprint density at radius 3 is 2.06 bits per heavy atom. The number of hydrogen-bond donors (Lipinski definition) is 2. The van der Waals surface area contributed by atoms with Crippen molar-refractivity contribution in [3.8, 4) is 17.2 Å². The Balaban J connectivity index is 1.50. The number of methoxy groups -OCH3 is 1. The molecule has 0 aliphatic rings. The summed E-state index contributed by atoms with van der Waals surface area (Å²) in [6.45, 7) is -0.423. The number of fused-ring (bicyclic) bond motifs is 1. The molecular weight excluding hydrogens is 632 g/mol. The van der Waals surface area contributed by atoms with Crippen molar-refractivity contribution in [2.45, 2.75) is 24.4 Å². The molecule has 0 spiro atoms. The molecule has 8 nitrogen and oxygen atoms in total. The first-order chi connectivity index (χ1) is 22.2. The van der Waals surface area contributed by atoms with Crippen molar-refractivity contribution < 1.29 is 45.7 Å². The lowest BCUT2D eigenvalue weighted by Gasteiger charge is -2.32. The van der Waals surface area contributed by atoms with Crippen LogP contribution in [-0.2, 0) is 16.8 Å². The van der Waals surface area contributed by atoms with Crippen LogP contribution in [0.15, 0.2) is 102 Å². The molecule has 5 aromatic rings. The van der Waals surface area contributed by atoms with Crippen LogP contribution in [-0.4, -0.2) is 46.6 Å². The summed E-state index contributed by atoms with van der Waals surface area (Å²) in [5.74, 6) is 0.360. The Morgan fingerprint density at radius 1 is 0.851 bits per heavy atom. The van der Waals surface area contributed by atoms with E-state index in [0.29, 0.717) is 23.6 Å². The summed E-state index contributed by atoms with van der Waals surface area (Å²) in [6.07, 6.45) is -12.1. The van der Waals surface area contributed by atoms with Gasteiger partial charge in [-0.1, -0.05) is 42.5 Å². The van der Waals surface area contributed by atoms with Crippen molar-refractivity contribution in [2.75, 3.05) is 19.0 Å². The maximum absolute atomic E-state index is 13.9. The fourth-order valence-electron chi connectivity index (χ4n) is 4.82. The Bertz CT molecular complexity index is 1930. The van der Waals surface area contributed by atoms with Crippen LogP contribution in [0, 0.1) is 0 Å². The van der Waals surface area contributed by atoms with Crippen LogP contribution in [0.4, 0.5) is 32.0 Å². The molecule has 0 aliphatic carbocycles. The normalized spacial score (nSPS) is 12.2. The quantitative estimate of drug-likeness (QED) is 0.180. The van der Waals surface area contributed by atoms with E-state index in [1.165, 1.54) is 25.3 Å². The average Bonchev–Trinajstić information content (AvgIpc) is 3.03. The first-order valence-electron chi connectivity index (χ1n) is 13.8. The number of carbonyl (C=O) groups excluding carboxylic acids is 1. The smallest absolute Gasteiger partial charge is 0.430 e. The molecule has 47 heavy (non-hydrogen) atoms. The Morgan fingerprint density at radius 2 is 1.47 bits per heavy atom. The van der Waals surface area contributed by atoms with Crippen LogP contribution < -0.4 is 20.3 Å². The number of hydrogen-bond acceptors (Lipinski definition) is 6. The summed E-state index contributed by atoms with van der Waals surface area (Å²) in [7, 11) is 1.51. The van der Waals surface area contributed by atoms with Gasteiger partial charge in [0.05, 0.1) is 23.7 Å². The third kappa shape index (κ3) is 6.77. The topological polar surface area (TPSA) is 103 Å². The summed E-state index contributed by atoms with van der Waals surface area (Å²) in [6, 6.07) is 22.3. The number of amides is 1. The number of benzene rings is 4. The molecule has 0 aliphatic heterocycles. The number of rotatable bonds is 9. The highest BCUT2D eigenvalue weighted by Gasteiger charge is 2.71. The third-order valence-electron chi connectivity index (χ3n) is 7.22. The third-order valence-corrected chi connectivity index (χ3v) is 7.22. The summed E-state index contributed by atoms with van der Waals surface area (Å²) in [5.41, 5.74) is -5.98. The van der Waals surface area contributed by atoms with Crippen molar-refractivity contribution in [1.29, 1.82) is 0 Å². The molecule has 0 saturated carbocycles. The van der Waals surface area contributed by atoms with Crippen LogP contribution in [0.25, 0.3) is 16.6 Å². The number of carbonyl (C=O) groups is 1. The van der Waals surface area contributed by atoms with Gasteiger partial charge >= 0.3 is 12.4 Å². The fourth-order valence-corrected chi connectivity index (χ4v) is 4.82. The van der Waals surface area contributed by atoms with E-state index in [1.54, 1.807) is 54.6 Å². The number of nitrogens with one attached hydrogen (secondary N) is 1. The molecule has 4 aromatic carbocycles. The highest BCUT2D eigenvalue weighted by atomic mass is 19.4. The van der Waals surface area contributed by atoms with E-state index < -0.39 is 41.6 Å². The number of ether oxygens (including phenoxy) is 2. The lowest BCUT2D eigenvalue weighted by molar-refractivity contribution is -0.376. The Labute approximate surface area is 262 Å². The van der Waals surface area contributed by atoms with E-state index in [2.05, 4.69) is 10.3 Å². The fraction of sp³-hybridized carbons (Fsp3) is 0.182. The first-order valence-corrected chi connectivity index (χ1v) is 13.8. The van der Waals surface area contributed by atoms with Gasteiger partial charge in [0.1, 0.15) is 17.3 Å². The predicted molar refractivity (Wildman–Crippen MR) is 160 cm³/mol. The van der Waals surface area contributed by atoms with E-state index >= 15 is 0 Å². The first kappa shape index (κ1) is 33.0. The van der Waals surface area contributed by atoms with Gasteiger partial charge in [-0.2, -0.15) is 26.3 Å². The van der Waals surface area contributed by atoms with Gasteiger partial charge < -0.3 is 19.9 Å². The molecule has 0 atom stereocenters. The van der Waals surface area contributed by atoms with Crippen LogP contribution in [0.3, 0.4) is 0 Å². The van der Waals surface area contributed by atoms with E-state index in [0.717, 1.165) is 22.3 Å². The zero-order valence-electron chi connectivity index (χ0n) is 24.4. The maximum atomic E-state index is 13.9. The van der Waals surface area contributed by atoms with Gasteiger partial charge in [0, 0.05) is 17.7 Å². The van der Waals surface area contributed by atoms with Crippen molar-refractivity contribution >= 4 is 22.5 Å². The largest absolute Gasteiger partial charge is 0.497 e. The van der Waals surface area contributed by atoms with Gasteiger partial charge in [-0.05, 0) is 60.2 Å². The molecule has 1 heterocycles. The standard InChI is InChI=1S/C33H25F6N3O5/c1-46-24-13-9-22(10-14-24)40-29(43)19-47-25-15-16-27-26(18-25)30(44)42(28(41-27)17-20-5-3-2-4-6-20)23-11-7-21(8-12-23)31(45,32(34,35)36)33(37,38)39/h2-16,18,45H,17,19H2,1H3,(H,40,43). The highest BCUT2D eigenvalue weighted by Crippen LogP contribution is 2.50. The minimum Gasteiger partial charge on any atom is -0.497 e. The van der Waals surface area contributed by atoms with Gasteiger partial charge in [0.2, 0.25) is 0 Å². The molecule has 2 N–H and O–H groups in total. The zero-order chi connectivity index (χ0) is 34.0. The highest BCUT2D eigenvalue weighted by molar-refractivity contribution is 5.92. The van der Waals surface area contributed by atoms with Gasteiger partial charge in [-0.15, -0.1) is 0 Å². The number of nitrogens with zero attached hydrogens (tertiary/aromatic N) is 2. The predicted octanol–water partition coefficient (Wildman–Crippen LogP) is 6.31. The van der Waals surface area contributed by atoms with Crippen LogP contribution in [0.1, 0.15) is 17.0 Å². The number of alkyl halides is 6. The second kappa shape index (κ2) is 12.8. The molecule has 0 unspecified atom stereocenters. The van der Waals surface area contributed by atoms with E-state index in [4.69, 9.17) is 9.47 Å². The second-order valence-corrected chi connectivity index (χ2v) is 10.3. The Hall–Kier alpha value is -5.37. The van der Waals surface area contributed by atoms with E-state index in [9.17, 15) is 41.0 Å². The van der Waals surface area contributed by atoms with Crippen LogP contribution in [0.2, 0.25) is 0 Å². The van der Waals surface area contributed by atoms with Crippen molar-refractivity contribution in [3.05, 3.63) is 124 Å². The molecule has 1 aromatic heterocycles. The molecule has 5 rings (SSSR count). The molecular formula is C33H25F6N3O5. The van der Waals surface area contributed by atoms with Gasteiger partial charge in [-0.25, -0.2) is 4.98 Å². The molecule has 244 valence electrons. The number of aliphatic hydroxyl groups is 1. The number of aromatic nitrogens is 2. The van der Waals surface area contributed by atoms with Gasteiger partial charge in [-0.3, -0.25) is 14.2 Å². The minimum absolute atomic E-state index is 0.000962. The maximum Gasteiger partial charge on any atom is 0.430 e. The summed E-state index contributed by atoms with van der Waals surface area (Å²) in [5, 5.41) is 12.5.